The van der Waals surface area contributed by atoms with Gasteiger partial charge >= 0.3 is 0 Å². The molecule has 1 rings (SSSR count). The first-order valence-electron chi connectivity index (χ1n) is 6.33. The number of likely N-dealkylation sites (N-methyl/N-ethyl adjacent to an activating group) is 1. The predicted octanol–water partition coefficient (Wildman–Crippen LogP) is 0.201. The van der Waals surface area contributed by atoms with Crippen molar-refractivity contribution in [3.8, 4) is 6.07 Å². The minimum absolute atomic E-state index is 0.0300. The molecule has 0 aliphatic rings. The van der Waals surface area contributed by atoms with Gasteiger partial charge in [-0.05, 0) is 19.2 Å². The molecule has 0 spiro atoms. The van der Waals surface area contributed by atoms with Crippen LogP contribution in [-0.2, 0) is 4.79 Å². The largest absolute Gasteiger partial charge is 0.297 e. The van der Waals surface area contributed by atoms with Crippen LogP contribution >= 0.6 is 0 Å². The van der Waals surface area contributed by atoms with Crippen LogP contribution in [0.3, 0.4) is 0 Å². The number of rotatable bonds is 6. The third-order valence-electron chi connectivity index (χ3n) is 2.67. The van der Waals surface area contributed by atoms with Crippen molar-refractivity contribution in [1.82, 2.24) is 15.8 Å². The fourth-order valence-electron chi connectivity index (χ4n) is 1.54. The molecule has 2 amide bonds. The number of nitriles is 1. The number of non-ortho nitro benzene ring substituents is 1. The molecular weight excluding hydrogens is 290 g/mol. The normalized spacial score (nSPS) is 9.86. The third kappa shape index (κ3) is 5.56. The van der Waals surface area contributed by atoms with Crippen LogP contribution in [0.15, 0.2) is 24.3 Å². The van der Waals surface area contributed by atoms with Crippen molar-refractivity contribution in [3.63, 3.8) is 0 Å². The SMILES string of the molecule is CN(CCC#N)CC(=O)NNC(=O)c1ccc([N+](=O)[O-])cc1. The summed E-state index contributed by atoms with van der Waals surface area (Å²) in [5, 5.41) is 18.9. The molecule has 0 bridgehead atoms. The van der Waals surface area contributed by atoms with Crippen LogP contribution in [0.2, 0.25) is 0 Å². The van der Waals surface area contributed by atoms with E-state index in [4.69, 9.17) is 5.26 Å². The highest BCUT2D eigenvalue weighted by molar-refractivity contribution is 5.95. The molecule has 0 aliphatic heterocycles. The molecule has 0 fully saturated rings. The van der Waals surface area contributed by atoms with E-state index in [1.807, 2.05) is 6.07 Å². The van der Waals surface area contributed by atoms with Crippen molar-refractivity contribution in [2.24, 2.45) is 0 Å². The van der Waals surface area contributed by atoms with Gasteiger partial charge in [0.25, 0.3) is 17.5 Å². The molecule has 0 saturated heterocycles. The average molecular weight is 305 g/mol. The average Bonchev–Trinajstić information content (AvgIpc) is 2.50. The zero-order valence-corrected chi connectivity index (χ0v) is 11.9. The molecule has 1 aromatic carbocycles. The topological polar surface area (TPSA) is 128 Å². The number of nitrogens with zero attached hydrogens (tertiary/aromatic N) is 3. The van der Waals surface area contributed by atoms with Gasteiger partial charge in [-0.25, -0.2) is 0 Å². The fourth-order valence-corrected chi connectivity index (χ4v) is 1.54. The Morgan fingerprint density at radius 2 is 1.95 bits per heavy atom. The van der Waals surface area contributed by atoms with E-state index in [1.54, 1.807) is 11.9 Å². The lowest BCUT2D eigenvalue weighted by molar-refractivity contribution is -0.384. The first kappa shape index (κ1) is 17.1. The number of nitro benzene ring substituents is 1. The number of amides is 2. The maximum Gasteiger partial charge on any atom is 0.269 e. The van der Waals surface area contributed by atoms with Gasteiger partial charge in [-0.3, -0.25) is 35.5 Å². The highest BCUT2D eigenvalue weighted by Crippen LogP contribution is 2.11. The molecule has 0 atom stereocenters. The summed E-state index contributed by atoms with van der Waals surface area (Å²) >= 11 is 0. The summed E-state index contributed by atoms with van der Waals surface area (Å²) in [5.41, 5.74) is 4.50. The Kier molecular flexibility index (Phi) is 6.46. The van der Waals surface area contributed by atoms with Gasteiger partial charge in [0.05, 0.1) is 17.5 Å². The van der Waals surface area contributed by atoms with E-state index in [0.29, 0.717) is 13.0 Å². The second-order valence-corrected chi connectivity index (χ2v) is 4.45. The minimum Gasteiger partial charge on any atom is -0.297 e. The fraction of sp³-hybridized carbons (Fsp3) is 0.308. The molecule has 0 saturated carbocycles. The zero-order chi connectivity index (χ0) is 16.5. The number of hydrazine groups is 1. The number of nitrogens with one attached hydrogen (secondary N) is 2. The number of benzene rings is 1. The molecule has 0 radical (unpaired) electrons. The molecule has 22 heavy (non-hydrogen) atoms. The van der Waals surface area contributed by atoms with Gasteiger partial charge in [0, 0.05) is 30.7 Å². The van der Waals surface area contributed by atoms with E-state index in [1.165, 1.54) is 24.3 Å². The van der Waals surface area contributed by atoms with Crippen LogP contribution in [0.1, 0.15) is 16.8 Å². The lowest BCUT2D eigenvalue weighted by Crippen LogP contribution is -2.45. The molecule has 2 N–H and O–H groups in total. The number of carbonyl (C=O) groups excluding carboxylic acids is 2. The molecule has 9 nitrogen and oxygen atoms in total. The van der Waals surface area contributed by atoms with E-state index in [0.717, 1.165) is 0 Å². The van der Waals surface area contributed by atoms with Crippen molar-refractivity contribution in [3.05, 3.63) is 39.9 Å². The molecule has 116 valence electrons. The standard InChI is InChI=1S/C13H15N5O4/c1-17(8-2-7-14)9-12(19)15-16-13(20)10-3-5-11(6-4-10)18(21)22/h3-6H,2,8-9H2,1H3,(H,15,19)(H,16,20). The highest BCUT2D eigenvalue weighted by atomic mass is 16.6. The van der Waals surface area contributed by atoms with Crippen molar-refractivity contribution in [2.75, 3.05) is 20.1 Å². The quantitative estimate of drug-likeness (QED) is 0.570. The van der Waals surface area contributed by atoms with E-state index < -0.39 is 16.7 Å². The highest BCUT2D eigenvalue weighted by Gasteiger charge is 2.11. The summed E-state index contributed by atoms with van der Waals surface area (Å²) in [7, 11) is 1.68. The number of nitro groups is 1. The van der Waals surface area contributed by atoms with Gasteiger partial charge < -0.3 is 0 Å². The van der Waals surface area contributed by atoms with Gasteiger partial charge in [0.1, 0.15) is 0 Å². The van der Waals surface area contributed by atoms with Crippen molar-refractivity contribution < 1.29 is 14.5 Å². The maximum absolute atomic E-state index is 11.7. The van der Waals surface area contributed by atoms with Crippen molar-refractivity contribution >= 4 is 17.5 Å². The van der Waals surface area contributed by atoms with Crippen LogP contribution in [0.25, 0.3) is 0 Å². The van der Waals surface area contributed by atoms with E-state index in [9.17, 15) is 19.7 Å². The molecule has 0 aliphatic carbocycles. The summed E-state index contributed by atoms with van der Waals surface area (Å²) in [4.78, 5) is 34.9. The smallest absolute Gasteiger partial charge is 0.269 e. The van der Waals surface area contributed by atoms with Crippen LogP contribution < -0.4 is 10.9 Å². The Hall–Kier alpha value is -2.99. The molecule has 0 aromatic heterocycles. The Labute approximate surface area is 126 Å². The van der Waals surface area contributed by atoms with Crippen molar-refractivity contribution in [2.45, 2.75) is 6.42 Å². The van der Waals surface area contributed by atoms with E-state index in [-0.39, 0.29) is 17.8 Å². The molecular formula is C13H15N5O4. The summed E-state index contributed by atoms with van der Waals surface area (Å²) in [5.74, 6) is -1.02. The van der Waals surface area contributed by atoms with Crippen molar-refractivity contribution in [1.29, 1.82) is 5.26 Å². The Bertz CT molecular complexity index is 593. The number of carbonyl (C=O) groups is 2. The Balaban J connectivity index is 2.43. The monoisotopic (exact) mass is 305 g/mol. The maximum atomic E-state index is 11.7. The Morgan fingerprint density at radius 1 is 1.32 bits per heavy atom. The second kappa shape index (κ2) is 8.33. The third-order valence-corrected chi connectivity index (χ3v) is 2.67. The van der Waals surface area contributed by atoms with E-state index in [2.05, 4.69) is 10.9 Å². The van der Waals surface area contributed by atoms with Gasteiger partial charge in [-0.1, -0.05) is 0 Å². The van der Waals surface area contributed by atoms with Crippen LogP contribution in [-0.4, -0.2) is 41.8 Å². The summed E-state index contributed by atoms with van der Waals surface area (Å²) < 4.78 is 0. The lowest BCUT2D eigenvalue weighted by Gasteiger charge is -2.14. The molecule has 9 heteroatoms. The lowest BCUT2D eigenvalue weighted by atomic mass is 10.2. The number of hydrogen-bond donors (Lipinski definition) is 2. The van der Waals surface area contributed by atoms with E-state index >= 15 is 0 Å². The summed E-state index contributed by atoms with van der Waals surface area (Å²) in [6.45, 7) is 0.475. The molecule has 0 unspecified atom stereocenters. The number of hydrogen-bond acceptors (Lipinski definition) is 6. The van der Waals surface area contributed by atoms with Gasteiger partial charge in [0.15, 0.2) is 0 Å². The molecule has 0 heterocycles. The van der Waals surface area contributed by atoms with Crippen LogP contribution in [0.5, 0.6) is 0 Å². The van der Waals surface area contributed by atoms with Gasteiger partial charge in [0.2, 0.25) is 0 Å². The first-order valence-corrected chi connectivity index (χ1v) is 6.33. The minimum atomic E-state index is -0.581. The summed E-state index contributed by atoms with van der Waals surface area (Å²) in [6, 6.07) is 6.95. The van der Waals surface area contributed by atoms with Gasteiger partial charge in [-0.15, -0.1) is 0 Å². The van der Waals surface area contributed by atoms with Crippen LogP contribution in [0.4, 0.5) is 5.69 Å². The second-order valence-electron chi connectivity index (χ2n) is 4.45. The predicted molar refractivity (Wildman–Crippen MR) is 76.4 cm³/mol. The summed E-state index contributed by atoms with van der Waals surface area (Å²) in [6.07, 6.45) is 0.304. The van der Waals surface area contributed by atoms with Crippen LogP contribution in [0, 0.1) is 21.4 Å². The molecule has 1 aromatic rings. The Morgan fingerprint density at radius 3 is 2.50 bits per heavy atom. The zero-order valence-electron chi connectivity index (χ0n) is 11.9. The first-order chi connectivity index (χ1) is 10.4. The van der Waals surface area contributed by atoms with Gasteiger partial charge in [-0.2, -0.15) is 5.26 Å².